The molecule has 7 nitrogen and oxygen atoms in total. The quantitative estimate of drug-likeness (QED) is 0.361. The van der Waals surface area contributed by atoms with Crippen LogP contribution >= 0.6 is 0 Å². The summed E-state index contributed by atoms with van der Waals surface area (Å²) in [6, 6.07) is 14.9. The molecule has 1 aliphatic heterocycles. The topological polar surface area (TPSA) is 99.1 Å². The molecule has 2 N–H and O–H groups in total. The summed E-state index contributed by atoms with van der Waals surface area (Å²) in [5.74, 6) is -0.380. The number of fused-ring (bicyclic) bond motifs is 1. The van der Waals surface area contributed by atoms with Crippen LogP contribution in [-0.4, -0.2) is 38.2 Å². The van der Waals surface area contributed by atoms with Crippen LogP contribution in [0.3, 0.4) is 0 Å². The van der Waals surface area contributed by atoms with Crippen molar-refractivity contribution in [3.8, 4) is 11.1 Å². The molecule has 3 aromatic rings. The number of aliphatic imine (C=N–C) groups is 1. The second kappa shape index (κ2) is 10.2. The average molecular weight is 546 g/mol. The fraction of sp³-hybridized carbons (Fsp3) is 0.259. The maximum atomic E-state index is 13.9. The van der Waals surface area contributed by atoms with Crippen molar-refractivity contribution in [1.82, 2.24) is 0 Å². The fourth-order valence-electron chi connectivity index (χ4n) is 4.35. The summed E-state index contributed by atoms with van der Waals surface area (Å²) < 4.78 is 73.7. The highest BCUT2D eigenvalue weighted by atomic mass is 32.2. The molecule has 1 amide bonds. The van der Waals surface area contributed by atoms with Crippen LogP contribution in [-0.2, 0) is 21.1 Å². The van der Waals surface area contributed by atoms with Crippen molar-refractivity contribution in [2.24, 2.45) is 10.9 Å². The van der Waals surface area contributed by atoms with Gasteiger partial charge in [-0.05, 0) is 52.9 Å². The summed E-state index contributed by atoms with van der Waals surface area (Å²) in [5, 5.41) is 2.56. The number of carbonyl (C=O) groups excluding carboxylic acids is 1. The normalized spacial score (nSPS) is 14.0. The summed E-state index contributed by atoms with van der Waals surface area (Å²) in [6.45, 7) is 4.21. The van der Waals surface area contributed by atoms with Gasteiger partial charge in [0.2, 0.25) is 5.91 Å². The second-order valence-corrected chi connectivity index (χ2v) is 10.9. The predicted octanol–water partition coefficient (Wildman–Crippen LogP) is 6.17. The fourth-order valence-corrected chi connectivity index (χ4v) is 4.83. The maximum absolute atomic E-state index is 13.9. The van der Waals surface area contributed by atoms with E-state index in [-0.39, 0.29) is 34.3 Å². The SMILES string of the molecule is CC(C)CN(C)c1cc2c(cc1C(F)(F)F)NC(=O)CC(c1cccc(-c3ccc(S(=O)(=O)O)cc3)c1)=N2. The van der Waals surface area contributed by atoms with Gasteiger partial charge in [-0.25, -0.2) is 0 Å². The lowest BCUT2D eigenvalue weighted by atomic mass is 9.99. The molecule has 0 aromatic heterocycles. The molecule has 200 valence electrons. The Balaban J connectivity index is 1.79. The number of benzene rings is 3. The molecule has 4 rings (SSSR count). The van der Waals surface area contributed by atoms with Crippen molar-refractivity contribution in [2.45, 2.75) is 31.3 Å². The third kappa shape index (κ3) is 6.05. The highest BCUT2D eigenvalue weighted by Gasteiger charge is 2.36. The van der Waals surface area contributed by atoms with Crippen molar-refractivity contribution in [1.29, 1.82) is 0 Å². The number of anilines is 2. The van der Waals surface area contributed by atoms with Crippen molar-refractivity contribution < 1.29 is 30.9 Å². The first-order chi connectivity index (χ1) is 17.7. The van der Waals surface area contributed by atoms with E-state index in [1.807, 2.05) is 13.8 Å². The molecule has 3 aromatic carbocycles. The number of hydrogen-bond donors (Lipinski definition) is 2. The van der Waals surface area contributed by atoms with Crippen molar-refractivity contribution in [2.75, 3.05) is 23.8 Å². The van der Waals surface area contributed by atoms with Crippen LogP contribution in [0, 0.1) is 5.92 Å². The number of nitrogens with one attached hydrogen (secondary N) is 1. The first-order valence-corrected chi connectivity index (χ1v) is 13.2. The number of amides is 1. The molecule has 11 heteroatoms. The summed E-state index contributed by atoms with van der Waals surface area (Å²) >= 11 is 0. The lowest BCUT2D eigenvalue weighted by molar-refractivity contribution is -0.137. The molecule has 0 saturated carbocycles. The van der Waals surface area contributed by atoms with Gasteiger partial charge in [0, 0.05) is 13.6 Å². The van der Waals surface area contributed by atoms with E-state index < -0.39 is 27.8 Å². The number of carbonyl (C=O) groups is 1. The number of nitrogens with zero attached hydrogens (tertiary/aromatic N) is 2. The maximum Gasteiger partial charge on any atom is 0.418 e. The van der Waals surface area contributed by atoms with Gasteiger partial charge in [0.25, 0.3) is 10.1 Å². The van der Waals surface area contributed by atoms with Crippen LogP contribution < -0.4 is 10.2 Å². The minimum atomic E-state index is -4.63. The summed E-state index contributed by atoms with van der Waals surface area (Å²) in [7, 11) is -2.74. The van der Waals surface area contributed by atoms with E-state index in [1.54, 1.807) is 31.3 Å². The van der Waals surface area contributed by atoms with E-state index in [4.69, 9.17) is 0 Å². The third-order valence-electron chi connectivity index (χ3n) is 6.01. The zero-order chi connectivity index (χ0) is 27.8. The lowest BCUT2D eigenvalue weighted by Crippen LogP contribution is -2.25. The molecule has 1 heterocycles. The molecular formula is C27H26F3N3O4S. The Hall–Kier alpha value is -3.70. The van der Waals surface area contributed by atoms with Gasteiger partial charge in [0.1, 0.15) is 0 Å². The zero-order valence-corrected chi connectivity index (χ0v) is 21.7. The van der Waals surface area contributed by atoms with Gasteiger partial charge in [-0.3, -0.25) is 14.3 Å². The van der Waals surface area contributed by atoms with Gasteiger partial charge < -0.3 is 10.2 Å². The van der Waals surface area contributed by atoms with Gasteiger partial charge in [-0.2, -0.15) is 21.6 Å². The Morgan fingerprint density at radius 3 is 2.29 bits per heavy atom. The molecular weight excluding hydrogens is 519 g/mol. The van der Waals surface area contributed by atoms with Crippen LogP contribution in [0.1, 0.15) is 31.4 Å². The molecule has 0 aliphatic carbocycles. The smallest absolute Gasteiger partial charge is 0.374 e. The van der Waals surface area contributed by atoms with Crippen LogP contribution in [0.4, 0.5) is 30.2 Å². The van der Waals surface area contributed by atoms with E-state index >= 15 is 0 Å². The second-order valence-electron chi connectivity index (χ2n) is 9.52. The van der Waals surface area contributed by atoms with Crippen LogP contribution in [0.5, 0.6) is 0 Å². The summed E-state index contributed by atoms with van der Waals surface area (Å²) in [6.07, 6.45) is -4.78. The molecule has 0 bridgehead atoms. The molecule has 0 radical (unpaired) electrons. The van der Waals surface area contributed by atoms with Crippen LogP contribution in [0.15, 0.2) is 70.6 Å². The first kappa shape index (κ1) is 27.3. The minimum absolute atomic E-state index is 0.0176. The monoisotopic (exact) mass is 545 g/mol. The van der Waals surface area contributed by atoms with E-state index in [1.165, 1.54) is 35.2 Å². The Morgan fingerprint density at radius 1 is 1.03 bits per heavy atom. The van der Waals surface area contributed by atoms with E-state index in [9.17, 15) is 30.9 Å². The van der Waals surface area contributed by atoms with E-state index in [0.717, 1.165) is 6.07 Å². The number of rotatable bonds is 6. The number of alkyl halides is 3. The average Bonchev–Trinajstić information content (AvgIpc) is 2.99. The standard InChI is InChI=1S/C27H26F3N3O4S/c1-16(2)15-33(3)25-13-24-23(12-21(25)27(28,29)30)32-26(34)14-22(31-24)19-6-4-5-18(11-19)17-7-9-20(10-8-17)38(35,36)37/h4-13,16H,14-15H2,1-3H3,(H,32,34)(H,35,36,37). The Morgan fingerprint density at radius 2 is 1.68 bits per heavy atom. The Kier molecular flexibility index (Phi) is 7.35. The molecule has 38 heavy (non-hydrogen) atoms. The minimum Gasteiger partial charge on any atom is -0.374 e. The van der Waals surface area contributed by atoms with Gasteiger partial charge in [0.15, 0.2) is 0 Å². The largest absolute Gasteiger partial charge is 0.418 e. The molecule has 0 spiro atoms. The van der Waals surface area contributed by atoms with Crippen molar-refractivity contribution >= 4 is 38.8 Å². The van der Waals surface area contributed by atoms with Gasteiger partial charge in [0.05, 0.1) is 39.7 Å². The number of halogens is 3. The van der Waals surface area contributed by atoms with Gasteiger partial charge in [-0.1, -0.05) is 44.2 Å². The first-order valence-electron chi connectivity index (χ1n) is 11.7. The van der Waals surface area contributed by atoms with Crippen LogP contribution in [0.25, 0.3) is 11.1 Å². The highest BCUT2D eigenvalue weighted by Crippen LogP contribution is 2.43. The van der Waals surface area contributed by atoms with Gasteiger partial charge >= 0.3 is 6.18 Å². The van der Waals surface area contributed by atoms with Crippen LogP contribution in [0.2, 0.25) is 0 Å². The molecule has 0 atom stereocenters. The van der Waals surface area contributed by atoms with Gasteiger partial charge in [-0.15, -0.1) is 0 Å². The number of hydrogen-bond acceptors (Lipinski definition) is 5. The van der Waals surface area contributed by atoms with E-state index in [2.05, 4.69) is 10.3 Å². The van der Waals surface area contributed by atoms with Crippen molar-refractivity contribution in [3.05, 3.63) is 71.8 Å². The van der Waals surface area contributed by atoms with E-state index in [0.29, 0.717) is 28.9 Å². The predicted molar refractivity (Wildman–Crippen MR) is 141 cm³/mol. The van der Waals surface area contributed by atoms with Crippen molar-refractivity contribution in [3.63, 3.8) is 0 Å². The summed E-state index contributed by atoms with van der Waals surface area (Å²) in [4.78, 5) is 18.6. The Labute approximate surface area is 218 Å². The molecule has 0 unspecified atom stereocenters. The molecule has 0 fully saturated rings. The highest BCUT2D eigenvalue weighted by molar-refractivity contribution is 7.85. The zero-order valence-electron chi connectivity index (χ0n) is 20.9. The lowest BCUT2D eigenvalue weighted by Gasteiger charge is -2.26. The molecule has 1 aliphatic rings. The third-order valence-corrected chi connectivity index (χ3v) is 6.88. The Bertz CT molecular complexity index is 1520. The molecule has 0 saturated heterocycles. The summed E-state index contributed by atoms with van der Waals surface area (Å²) in [5.41, 5.74) is 1.62.